The van der Waals surface area contributed by atoms with Crippen molar-refractivity contribution in [2.45, 2.75) is 18.9 Å². The Balaban J connectivity index is 2.03. The Kier molecular flexibility index (Phi) is 4.56. The van der Waals surface area contributed by atoms with Crippen LogP contribution in [0.15, 0.2) is 48.5 Å². The predicted octanol–water partition coefficient (Wildman–Crippen LogP) is 3.28. The van der Waals surface area contributed by atoms with Gasteiger partial charge in [0.05, 0.1) is 12.7 Å². The van der Waals surface area contributed by atoms with Crippen LogP contribution in [0.5, 0.6) is 5.75 Å². The Bertz CT molecular complexity index is 652. The van der Waals surface area contributed by atoms with Gasteiger partial charge in [0.25, 0.3) is 0 Å². The first-order valence-electron chi connectivity index (χ1n) is 6.70. The first-order valence-corrected chi connectivity index (χ1v) is 6.70. The number of aryl methyl sites for hydroxylation is 1. The van der Waals surface area contributed by atoms with E-state index in [1.807, 2.05) is 30.3 Å². The molecule has 0 aliphatic carbocycles. The van der Waals surface area contributed by atoms with E-state index in [0.29, 0.717) is 17.7 Å². The molecule has 0 bridgehead atoms. The maximum atomic E-state index is 13.0. The normalized spacial score (nSPS) is 13.2. The molecule has 2 N–H and O–H groups in total. The van der Waals surface area contributed by atoms with Crippen LogP contribution in [0.1, 0.15) is 17.5 Å². The minimum absolute atomic E-state index is 0.283. The first-order chi connectivity index (χ1) is 10.0. The molecule has 0 aliphatic heterocycles. The summed E-state index contributed by atoms with van der Waals surface area (Å²) in [5, 5.41) is 9.35. The van der Waals surface area contributed by atoms with E-state index in [0.717, 1.165) is 5.56 Å². The third-order valence-corrected chi connectivity index (χ3v) is 3.38. The van der Waals surface area contributed by atoms with Crippen molar-refractivity contribution in [3.8, 4) is 11.8 Å². The van der Waals surface area contributed by atoms with Gasteiger partial charge in [0.15, 0.2) is 0 Å². The molecule has 0 spiro atoms. The van der Waals surface area contributed by atoms with Gasteiger partial charge in [0, 0.05) is 6.42 Å². The molecular weight excluding hydrogens is 267 g/mol. The summed E-state index contributed by atoms with van der Waals surface area (Å²) in [5.74, 6) is 0.305. The van der Waals surface area contributed by atoms with E-state index in [1.54, 1.807) is 13.0 Å². The zero-order chi connectivity index (χ0) is 15.3. The molecule has 2 rings (SSSR count). The summed E-state index contributed by atoms with van der Waals surface area (Å²) in [5.41, 5.74) is 6.53. The van der Waals surface area contributed by atoms with E-state index >= 15 is 0 Å². The van der Waals surface area contributed by atoms with E-state index in [4.69, 9.17) is 10.5 Å². The average Bonchev–Trinajstić information content (AvgIpc) is 2.50. The lowest BCUT2D eigenvalue weighted by atomic mass is 9.89. The molecule has 108 valence electrons. The highest BCUT2D eigenvalue weighted by Crippen LogP contribution is 2.23. The summed E-state index contributed by atoms with van der Waals surface area (Å²) in [6.07, 6.45) is 0.352. The van der Waals surface area contributed by atoms with Crippen molar-refractivity contribution in [2.24, 2.45) is 5.73 Å². The number of nitrogens with zero attached hydrogens (tertiary/aromatic N) is 1. The van der Waals surface area contributed by atoms with Gasteiger partial charge < -0.3 is 10.5 Å². The fourth-order valence-electron chi connectivity index (χ4n) is 2.10. The molecule has 1 atom stereocenters. The van der Waals surface area contributed by atoms with Gasteiger partial charge in [-0.15, -0.1) is 0 Å². The van der Waals surface area contributed by atoms with Crippen molar-refractivity contribution in [3.05, 3.63) is 65.5 Å². The Morgan fingerprint density at radius 1 is 1.24 bits per heavy atom. The lowest BCUT2D eigenvalue weighted by molar-refractivity contribution is 0.279. The second-order valence-electron chi connectivity index (χ2n) is 4.96. The first kappa shape index (κ1) is 15.0. The summed E-state index contributed by atoms with van der Waals surface area (Å²) in [6.45, 7) is 2.06. The Labute approximate surface area is 123 Å². The average molecular weight is 284 g/mol. The van der Waals surface area contributed by atoms with Gasteiger partial charge in [-0.05, 0) is 36.2 Å². The number of halogens is 1. The second kappa shape index (κ2) is 6.38. The minimum Gasteiger partial charge on any atom is -0.493 e. The largest absolute Gasteiger partial charge is 0.493 e. The molecule has 2 aromatic carbocycles. The molecule has 0 fully saturated rings. The van der Waals surface area contributed by atoms with Gasteiger partial charge in [0.2, 0.25) is 0 Å². The highest BCUT2D eigenvalue weighted by Gasteiger charge is 2.26. The quantitative estimate of drug-likeness (QED) is 0.916. The molecule has 0 aliphatic rings. The molecule has 1 unspecified atom stereocenters. The van der Waals surface area contributed by atoms with E-state index in [2.05, 4.69) is 6.07 Å². The van der Waals surface area contributed by atoms with Gasteiger partial charge in [0.1, 0.15) is 17.1 Å². The fourth-order valence-corrected chi connectivity index (χ4v) is 2.10. The van der Waals surface area contributed by atoms with Crippen LogP contribution in [0.4, 0.5) is 4.39 Å². The van der Waals surface area contributed by atoms with Crippen LogP contribution >= 0.6 is 0 Å². The number of nitrogens with two attached hydrogens (primary N) is 1. The van der Waals surface area contributed by atoms with Gasteiger partial charge in [-0.2, -0.15) is 5.26 Å². The van der Waals surface area contributed by atoms with Crippen molar-refractivity contribution in [1.82, 2.24) is 0 Å². The highest BCUT2D eigenvalue weighted by atomic mass is 19.1. The number of hydrogen-bond donors (Lipinski definition) is 1. The highest BCUT2D eigenvalue weighted by molar-refractivity contribution is 5.33. The smallest absolute Gasteiger partial charge is 0.133 e. The van der Waals surface area contributed by atoms with Crippen LogP contribution in [0.2, 0.25) is 0 Å². The number of ether oxygens (including phenoxy) is 1. The molecular formula is C17H17FN2O. The Hall–Kier alpha value is -2.38. The van der Waals surface area contributed by atoms with Gasteiger partial charge in [-0.1, -0.05) is 30.3 Å². The summed E-state index contributed by atoms with van der Waals surface area (Å²) in [4.78, 5) is 0. The maximum absolute atomic E-state index is 13.0. The molecule has 0 heterocycles. The molecule has 0 saturated heterocycles. The molecule has 0 radical (unpaired) electrons. The maximum Gasteiger partial charge on any atom is 0.133 e. The standard InChI is InChI=1S/C17H17FN2O/c1-13-11-15(18)7-8-16(13)21-10-9-17(20,12-19)14-5-3-2-4-6-14/h2-8,11H,9-10,20H2,1H3. The summed E-state index contributed by atoms with van der Waals surface area (Å²) >= 11 is 0. The summed E-state index contributed by atoms with van der Waals surface area (Å²) < 4.78 is 18.6. The molecule has 3 nitrogen and oxygen atoms in total. The van der Waals surface area contributed by atoms with Crippen LogP contribution in [0.25, 0.3) is 0 Å². The number of rotatable bonds is 5. The minimum atomic E-state index is -1.09. The zero-order valence-corrected chi connectivity index (χ0v) is 11.8. The topological polar surface area (TPSA) is 59.0 Å². The van der Waals surface area contributed by atoms with Crippen LogP contribution in [0.3, 0.4) is 0 Å². The fraction of sp³-hybridized carbons (Fsp3) is 0.235. The van der Waals surface area contributed by atoms with Crippen LogP contribution in [-0.2, 0) is 5.54 Å². The van der Waals surface area contributed by atoms with E-state index in [-0.39, 0.29) is 12.4 Å². The summed E-state index contributed by atoms with van der Waals surface area (Å²) in [7, 11) is 0. The lowest BCUT2D eigenvalue weighted by Gasteiger charge is -2.22. The molecule has 0 amide bonds. The second-order valence-corrected chi connectivity index (χ2v) is 4.96. The van der Waals surface area contributed by atoms with Gasteiger partial charge in [-0.3, -0.25) is 0 Å². The molecule has 21 heavy (non-hydrogen) atoms. The van der Waals surface area contributed by atoms with Crippen molar-refractivity contribution in [2.75, 3.05) is 6.61 Å². The number of nitriles is 1. The summed E-state index contributed by atoms with van der Waals surface area (Å²) in [6, 6.07) is 15.7. The predicted molar refractivity (Wildman–Crippen MR) is 79.2 cm³/mol. The van der Waals surface area contributed by atoms with E-state index in [1.165, 1.54) is 12.1 Å². The van der Waals surface area contributed by atoms with Crippen LogP contribution in [0, 0.1) is 24.1 Å². The van der Waals surface area contributed by atoms with E-state index in [9.17, 15) is 9.65 Å². The molecule has 2 aromatic rings. The lowest BCUT2D eigenvalue weighted by Crippen LogP contribution is -2.36. The Morgan fingerprint density at radius 2 is 1.95 bits per heavy atom. The monoisotopic (exact) mass is 284 g/mol. The van der Waals surface area contributed by atoms with Crippen LogP contribution in [-0.4, -0.2) is 6.61 Å². The van der Waals surface area contributed by atoms with Gasteiger partial charge in [-0.25, -0.2) is 4.39 Å². The van der Waals surface area contributed by atoms with Crippen molar-refractivity contribution in [3.63, 3.8) is 0 Å². The number of benzene rings is 2. The number of hydrogen-bond acceptors (Lipinski definition) is 3. The molecule has 0 saturated carbocycles. The molecule has 4 heteroatoms. The Morgan fingerprint density at radius 3 is 2.57 bits per heavy atom. The van der Waals surface area contributed by atoms with Crippen molar-refractivity contribution >= 4 is 0 Å². The SMILES string of the molecule is Cc1cc(F)ccc1OCCC(N)(C#N)c1ccccc1. The van der Waals surface area contributed by atoms with Gasteiger partial charge >= 0.3 is 0 Å². The zero-order valence-electron chi connectivity index (χ0n) is 11.8. The van der Waals surface area contributed by atoms with Crippen molar-refractivity contribution < 1.29 is 9.13 Å². The molecule has 0 aromatic heterocycles. The van der Waals surface area contributed by atoms with E-state index < -0.39 is 5.54 Å². The third kappa shape index (κ3) is 3.59. The van der Waals surface area contributed by atoms with Crippen molar-refractivity contribution in [1.29, 1.82) is 5.26 Å². The third-order valence-electron chi connectivity index (χ3n) is 3.38. The van der Waals surface area contributed by atoms with Crippen LogP contribution < -0.4 is 10.5 Å².